The molecule has 0 spiro atoms. The second-order valence-electron chi connectivity index (χ2n) is 7.94. The maximum atomic E-state index is 13.5. The molecule has 1 aliphatic rings. The monoisotopic (exact) mass is 437 g/mol. The van der Waals surface area contributed by atoms with Crippen molar-refractivity contribution in [1.29, 1.82) is 0 Å². The Morgan fingerprint density at radius 1 is 1.16 bits per heavy atom. The van der Waals surface area contributed by atoms with Crippen LogP contribution in [0, 0.1) is 10.1 Å². The van der Waals surface area contributed by atoms with Gasteiger partial charge in [0, 0.05) is 24.7 Å². The van der Waals surface area contributed by atoms with Crippen LogP contribution in [0.25, 0.3) is 11.0 Å². The summed E-state index contributed by atoms with van der Waals surface area (Å²) < 4.78 is 11.1. The van der Waals surface area contributed by atoms with Gasteiger partial charge in [-0.05, 0) is 56.9 Å². The lowest BCUT2D eigenvalue weighted by Gasteiger charge is -2.25. The molecule has 2 heterocycles. The standard InChI is InChI=1S/C23H23N3O6/c1-24(2)11-4-12-25-20(14-5-7-15(8-6-14)26(29)30)19-21(27)17-10-9-16(31-3)13-18(17)32-22(19)23(25)28/h5-10,13,20H,4,11-12H2,1-3H3. The Labute approximate surface area is 183 Å². The van der Waals surface area contributed by atoms with E-state index in [0.717, 1.165) is 6.54 Å². The van der Waals surface area contributed by atoms with Gasteiger partial charge in [-0.2, -0.15) is 0 Å². The lowest BCUT2D eigenvalue weighted by molar-refractivity contribution is -0.384. The Hall–Kier alpha value is -3.72. The number of non-ortho nitro benzene ring substituents is 1. The fourth-order valence-corrected chi connectivity index (χ4v) is 4.04. The van der Waals surface area contributed by atoms with Crippen LogP contribution in [-0.2, 0) is 0 Å². The van der Waals surface area contributed by atoms with Crippen molar-refractivity contribution in [3.63, 3.8) is 0 Å². The molecule has 1 amide bonds. The number of nitrogens with zero attached hydrogens (tertiary/aromatic N) is 3. The van der Waals surface area contributed by atoms with Crippen molar-refractivity contribution in [2.45, 2.75) is 12.5 Å². The lowest BCUT2D eigenvalue weighted by Crippen LogP contribution is -2.32. The number of rotatable bonds is 7. The first-order valence-corrected chi connectivity index (χ1v) is 10.2. The summed E-state index contributed by atoms with van der Waals surface area (Å²) in [5, 5.41) is 11.4. The van der Waals surface area contributed by atoms with E-state index in [-0.39, 0.29) is 33.9 Å². The zero-order chi connectivity index (χ0) is 23.0. The van der Waals surface area contributed by atoms with Crippen molar-refractivity contribution in [2.75, 3.05) is 34.3 Å². The second-order valence-corrected chi connectivity index (χ2v) is 7.94. The molecule has 4 rings (SSSR count). The third-order valence-electron chi connectivity index (χ3n) is 5.60. The van der Waals surface area contributed by atoms with E-state index in [1.54, 1.807) is 35.2 Å². The minimum absolute atomic E-state index is 0.00367. The van der Waals surface area contributed by atoms with Gasteiger partial charge in [-0.3, -0.25) is 19.7 Å². The maximum absolute atomic E-state index is 13.5. The van der Waals surface area contributed by atoms with Crippen molar-refractivity contribution >= 4 is 22.6 Å². The number of methoxy groups -OCH3 is 1. The summed E-state index contributed by atoms with van der Waals surface area (Å²) in [7, 11) is 5.40. The molecule has 1 unspecified atom stereocenters. The highest BCUT2D eigenvalue weighted by Gasteiger charge is 2.42. The van der Waals surface area contributed by atoms with Gasteiger partial charge in [0.25, 0.3) is 11.6 Å². The van der Waals surface area contributed by atoms with E-state index < -0.39 is 11.0 Å². The molecule has 0 radical (unpaired) electrons. The Morgan fingerprint density at radius 2 is 1.88 bits per heavy atom. The van der Waals surface area contributed by atoms with Crippen molar-refractivity contribution in [3.8, 4) is 5.75 Å². The van der Waals surface area contributed by atoms with Crippen molar-refractivity contribution in [1.82, 2.24) is 9.80 Å². The molecule has 1 atom stereocenters. The summed E-state index contributed by atoms with van der Waals surface area (Å²) >= 11 is 0. The van der Waals surface area contributed by atoms with Crippen LogP contribution in [0.3, 0.4) is 0 Å². The first-order chi connectivity index (χ1) is 15.3. The van der Waals surface area contributed by atoms with Gasteiger partial charge in [-0.25, -0.2) is 0 Å². The normalized spacial score (nSPS) is 15.4. The third-order valence-corrected chi connectivity index (χ3v) is 5.60. The molecule has 0 bridgehead atoms. The summed E-state index contributed by atoms with van der Waals surface area (Å²) in [6.07, 6.45) is 0.692. The van der Waals surface area contributed by atoms with Crippen molar-refractivity contribution < 1.29 is 18.9 Å². The molecule has 1 aromatic heterocycles. The van der Waals surface area contributed by atoms with E-state index >= 15 is 0 Å². The molecule has 0 fully saturated rings. The zero-order valence-corrected chi connectivity index (χ0v) is 18.0. The SMILES string of the molecule is COc1ccc2c(=O)c3c(oc2c1)C(=O)N(CCCN(C)C)C3c1ccc([N+](=O)[O-])cc1. The van der Waals surface area contributed by atoms with E-state index in [0.29, 0.717) is 29.7 Å². The topological polar surface area (TPSA) is 106 Å². The lowest BCUT2D eigenvalue weighted by atomic mass is 9.98. The Kier molecular flexibility index (Phi) is 5.67. The van der Waals surface area contributed by atoms with Crippen LogP contribution in [0.15, 0.2) is 51.7 Å². The number of fused-ring (bicyclic) bond motifs is 2. The quantitative estimate of drug-likeness (QED) is 0.413. The number of benzene rings is 2. The Morgan fingerprint density at radius 3 is 2.50 bits per heavy atom. The average Bonchev–Trinajstić information content (AvgIpc) is 3.05. The highest BCUT2D eigenvalue weighted by Crippen LogP contribution is 2.39. The molecule has 2 aromatic carbocycles. The van der Waals surface area contributed by atoms with Crippen LogP contribution in [0.5, 0.6) is 5.75 Å². The molecule has 3 aromatic rings. The first kappa shape index (κ1) is 21.5. The number of hydrogen-bond acceptors (Lipinski definition) is 7. The van der Waals surface area contributed by atoms with E-state index in [2.05, 4.69) is 0 Å². The Balaban J connectivity index is 1.86. The van der Waals surface area contributed by atoms with Gasteiger partial charge in [0.1, 0.15) is 11.3 Å². The molecule has 0 aliphatic carbocycles. The maximum Gasteiger partial charge on any atom is 0.290 e. The van der Waals surface area contributed by atoms with Gasteiger partial charge in [0.2, 0.25) is 5.76 Å². The zero-order valence-electron chi connectivity index (χ0n) is 18.0. The second kappa shape index (κ2) is 8.43. The van der Waals surface area contributed by atoms with Gasteiger partial charge in [0.05, 0.1) is 29.0 Å². The molecule has 166 valence electrons. The van der Waals surface area contributed by atoms with Gasteiger partial charge in [0.15, 0.2) is 5.43 Å². The minimum atomic E-state index is -0.678. The number of amides is 1. The van der Waals surface area contributed by atoms with Gasteiger partial charge in [-0.15, -0.1) is 0 Å². The molecule has 0 N–H and O–H groups in total. The molecule has 9 heteroatoms. The fourth-order valence-electron chi connectivity index (χ4n) is 4.04. The smallest absolute Gasteiger partial charge is 0.290 e. The van der Waals surface area contributed by atoms with E-state index in [1.807, 2.05) is 19.0 Å². The largest absolute Gasteiger partial charge is 0.497 e. The minimum Gasteiger partial charge on any atom is -0.497 e. The summed E-state index contributed by atoms with van der Waals surface area (Å²) in [5.41, 5.74) is 0.795. The highest BCUT2D eigenvalue weighted by molar-refractivity contribution is 5.99. The first-order valence-electron chi connectivity index (χ1n) is 10.2. The molecule has 0 saturated carbocycles. The van der Waals surface area contributed by atoms with Crippen LogP contribution in [0.2, 0.25) is 0 Å². The number of nitro benzene ring substituents is 1. The summed E-state index contributed by atoms with van der Waals surface area (Å²) in [6.45, 7) is 1.16. The number of nitro groups is 1. The van der Waals surface area contributed by atoms with E-state index in [1.165, 1.54) is 19.2 Å². The van der Waals surface area contributed by atoms with Crippen molar-refractivity contribution in [2.24, 2.45) is 0 Å². The van der Waals surface area contributed by atoms with Crippen LogP contribution in [-0.4, -0.2) is 54.9 Å². The number of carbonyl (C=O) groups excluding carboxylic acids is 1. The van der Waals surface area contributed by atoms with Crippen LogP contribution in [0.4, 0.5) is 5.69 Å². The molecular formula is C23H23N3O6. The third kappa shape index (κ3) is 3.71. The van der Waals surface area contributed by atoms with E-state index in [4.69, 9.17) is 9.15 Å². The van der Waals surface area contributed by atoms with Crippen molar-refractivity contribution in [3.05, 3.63) is 79.7 Å². The Bertz CT molecular complexity index is 1250. The van der Waals surface area contributed by atoms with Gasteiger partial charge < -0.3 is 19.0 Å². The van der Waals surface area contributed by atoms with Gasteiger partial charge in [-0.1, -0.05) is 0 Å². The van der Waals surface area contributed by atoms with Crippen LogP contribution < -0.4 is 10.2 Å². The number of hydrogen-bond donors (Lipinski definition) is 0. The predicted molar refractivity (Wildman–Crippen MR) is 118 cm³/mol. The molecule has 0 saturated heterocycles. The van der Waals surface area contributed by atoms with Gasteiger partial charge >= 0.3 is 0 Å². The number of carbonyl (C=O) groups is 1. The van der Waals surface area contributed by atoms with Crippen LogP contribution >= 0.6 is 0 Å². The average molecular weight is 437 g/mol. The fraction of sp³-hybridized carbons (Fsp3) is 0.304. The molecule has 32 heavy (non-hydrogen) atoms. The highest BCUT2D eigenvalue weighted by atomic mass is 16.6. The molecule has 1 aliphatic heterocycles. The number of ether oxygens (including phenoxy) is 1. The molecule has 9 nitrogen and oxygen atoms in total. The summed E-state index contributed by atoms with van der Waals surface area (Å²) in [4.78, 5) is 41.0. The molecular weight excluding hydrogens is 414 g/mol. The summed E-state index contributed by atoms with van der Waals surface area (Å²) in [6, 6.07) is 10.1. The van der Waals surface area contributed by atoms with E-state index in [9.17, 15) is 19.7 Å². The predicted octanol–water partition coefficient (Wildman–Crippen LogP) is 3.21. The summed E-state index contributed by atoms with van der Waals surface area (Å²) in [5.74, 6) is 0.147. The van der Waals surface area contributed by atoms with Crippen LogP contribution in [0.1, 0.15) is 34.1 Å².